The number of hydrogen-bond acceptors (Lipinski definition) is 8. The van der Waals surface area contributed by atoms with E-state index < -0.39 is 17.3 Å². The van der Waals surface area contributed by atoms with E-state index >= 15 is 0 Å². The van der Waals surface area contributed by atoms with Crippen LogP contribution in [0.2, 0.25) is 0 Å². The molecular weight excluding hydrogens is 536 g/mol. The number of imidazole rings is 1. The van der Waals surface area contributed by atoms with Crippen molar-refractivity contribution in [1.29, 1.82) is 5.26 Å². The van der Waals surface area contributed by atoms with Crippen molar-refractivity contribution in [2.75, 3.05) is 18.0 Å². The van der Waals surface area contributed by atoms with Crippen LogP contribution in [0.1, 0.15) is 51.7 Å². The number of hydrogen-bond donors (Lipinski definition) is 0. The lowest BCUT2D eigenvalue weighted by Crippen LogP contribution is -2.50. The van der Waals surface area contributed by atoms with Gasteiger partial charge in [0, 0.05) is 26.3 Å². The van der Waals surface area contributed by atoms with Crippen LogP contribution in [-0.2, 0) is 20.1 Å². The molecule has 6 rings (SSSR count). The summed E-state index contributed by atoms with van der Waals surface area (Å²) in [4.78, 5) is 65.9. The van der Waals surface area contributed by atoms with Gasteiger partial charge in [-0.3, -0.25) is 38.0 Å². The Morgan fingerprint density at radius 2 is 1.76 bits per heavy atom. The van der Waals surface area contributed by atoms with Crippen molar-refractivity contribution in [2.24, 2.45) is 7.05 Å². The molecule has 12 heteroatoms. The van der Waals surface area contributed by atoms with E-state index in [2.05, 4.69) is 22.9 Å². The van der Waals surface area contributed by atoms with Gasteiger partial charge in [0.15, 0.2) is 11.2 Å². The monoisotopic (exact) mass is 562 g/mol. The van der Waals surface area contributed by atoms with Crippen LogP contribution in [-0.4, -0.2) is 59.5 Å². The molecule has 0 saturated carbocycles. The van der Waals surface area contributed by atoms with Crippen molar-refractivity contribution >= 4 is 28.9 Å². The van der Waals surface area contributed by atoms with Gasteiger partial charge in [-0.25, -0.2) is 4.79 Å². The molecule has 1 saturated heterocycles. The Bertz CT molecular complexity index is 1970. The molecule has 12 nitrogen and oxygen atoms in total. The number of rotatable bonds is 5. The molecule has 5 heterocycles. The number of nitrogens with zero attached hydrogens (tertiary/aromatic N) is 8. The maximum Gasteiger partial charge on any atom is 0.332 e. The smallest absolute Gasteiger partial charge is 0.332 e. The summed E-state index contributed by atoms with van der Waals surface area (Å²) in [5.41, 5.74) is 0.575. The van der Waals surface area contributed by atoms with Gasteiger partial charge < -0.3 is 4.90 Å². The van der Waals surface area contributed by atoms with Gasteiger partial charge in [-0.15, -0.1) is 5.92 Å². The van der Waals surface area contributed by atoms with E-state index in [1.807, 2.05) is 4.90 Å². The Balaban J connectivity index is 1.43. The number of benzene rings is 1. The minimum absolute atomic E-state index is 0.136. The number of carbonyl (C=O) groups is 2. The predicted octanol–water partition coefficient (Wildman–Crippen LogP) is 1.50. The Morgan fingerprint density at radius 3 is 2.45 bits per heavy atom. The summed E-state index contributed by atoms with van der Waals surface area (Å²) < 4.78 is 4.03. The zero-order valence-corrected chi connectivity index (χ0v) is 23.1. The second-order valence-corrected chi connectivity index (χ2v) is 10.2. The Labute approximate surface area is 240 Å². The van der Waals surface area contributed by atoms with Gasteiger partial charge in [0.2, 0.25) is 5.95 Å². The van der Waals surface area contributed by atoms with E-state index in [-0.39, 0.29) is 41.6 Å². The first-order chi connectivity index (χ1) is 20.3. The topological polar surface area (TPSA) is 139 Å². The van der Waals surface area contributed by atoms with Crippen LogP contribution in [0.5, 0.6) is 0 Å². The predicted molar refractivity (Wildman–Crippen MR) is 153 cm³/mol. The van der Waals surface area contributed by atoms with Gasteiger partial charge in [-0.2, -0.15) is 10.2 Å². The molecule has 3 aromatic heterocycles. The third kappa shape index (κ3) is 4.16. The molecule has 2 aliphatic heterocycles. The minimum Gasteiger partial charge on any atom is -0.340 e. The average Bonchev–Trinajstić information content (AvgIpc) is 3.52. The first kappa shape index (κ1) is 26.7. The first-order valence-electron chi connectivity index (χ1n) is 13.5. The number of carbonyl (C=O) groups excluding carboxylic acids is 2. The van der Waals surface area contributed by atoms with Crippen LogP contribution >= 0.6 is 0 Å². The molecule has 2 amide bonds. The summed E-state index contributed by atoms with van der Waals surface area (Å²) in [5, 5.41) is 9.49. The summed E-state index contributed by atoms with van der Waals surface area (Å²) in [6.45, 7) is 2.53. The van der Waals surface area contributed by atoms with Crippen LogP contribution in [0, 0.1) is 23.2 Å². The number of piperidine rings is 1. The van der Waals surface area contributed by atoms with Crippen molar-refractivity contribution < 1.29 is 9.59 Å². The third-order valence-corrected chi connectivity index (χ3v) is 7.81. The highest BCUT2D eigenvalue weighted by molar-refractivity contribution is 6.21. The molecule has 42 heavy (non-hydrogen) atoms. The van der Waals surface area contributed by atoms with Crippen LogP contribution in [0.3, 0.4) is 0 Å². The molecule has 1 unspecified atom stereocenters. The highest BCUT2D eigenvalue weighted by Gasteiger charge is 2.41. The van der Waals surface area contributed by atoms with Crippen LogP contribution in [0.25, 0.3) is 11.2 Å². The lowest BCUT2D eigenvalue weighted by Gasteiger charge is -2.37. The maximum absolute atomic E-state index is 13.9. The highest BCUT2D eigenvalue weighted by Crippen LogP contribution is 2.30. The molecule has 0 N–H and O–H groups in total. The van der Waals surface area contributed by atoms with E-state index in [9.17, 15) is 24.4 Å². The van der Waals surface area contributed by atoms with E-state index in [4.69, 9.17) is 4.98 Å². The normalized spacial score (nSPS) is 16.4. The lowest BCUT2D eigenvalue weighted by atomic mass is 10.0. The summed E-state index contributed by atoms with van der Waals surface area (Å²) in [6.07, 6.45) is 2.82. The molecule has 1 aromatic carbocycles. The Kier molecular flexibility index (Phi) is 6.67. The van der Waals surface area contributed by atoms with Gasteiger partial charge >= 0.3 is 5.69 Å². The van der Waals surface area contributed by atoms with Gasteiger partial charge in [0.25, 0.3) is 17.4 Å². The number of anilines is 1. The largest absolute Gasteiger partial charge is 0.340 e. The Hall–Kier alpha value is -5.49. The van der Waals surface area contributed by atoms with Crippen LogP contribution < -0.4 is 16.1 Å². The van der Waals surface area contributed by atoms with Crippen LogP contribution in [0.4, 0.5) is 5.95 Å². The lowest BCUT2D eigenvalue weighted by molar-refractivity contribution is 0.0569. The zero-order valence-electron chi connectivity index (χ0n) is 23.1. The number of pyridine rings is 1. The summed E-state index contributed by atoms with van der Waals surface area (Å²) >= 11 is 0. The fourth-order valence-electron chi connectivity index (χ4n) is 5.75. The summed E-state index contributed by atoms with van der Waals surface area (Å²) in [6, 6.07) is 11.7. The molecule has 0 radical (unpaired) electrons. The number of aryl methyl sites for hydroxylation is 1. The molecule has 0 bridgehead atoms. The van der Waals surface area contributed by atoms with Crippen molar-refractivity contribution in [3.05, 3.63) is 85.8 Å². The molecule has 4 aromatic rings. The van der Waals surface area contributed by atoms with Crippen molar-refractivity contribution in [3.8, 4) is 17.9 Å². The number of imide groups is 1. The minimum atomic E-state index is -0.595. The van der Waals surface area contributed by atoms with Gasteiger partial charge in [0.05, 0.1) is 41.5 Å². The molecule has 0 aliphatic carbocycles. The number of fused-ring (bicyclic) bond motifs is 2. The highest BCUT2D eigenvalue weighted by atomic mass is 16.2. The van der Waals surface area contributed by atoms with Crippen molar-refractivity contribution in [3.63, 3.8) is 0 Å². The molecule has 0 spiro atoms. The fraction of sp³-hybridized carbons (Fsp3) is 0.300. The molecular formula is C30H26N8O4. The van der Waals surface area contributed by atoms with E-state index in [1.54, 1.807) is 47.9 Å². The van der Waals surface area contributed by atoms with E-state index in [0.717, 1.165) is 4.57 Å². The molecule has 2 aliphatic rings. The van der Waals surface area contributed by atoms with Crippen molar-refractivity contribution in [2.45, 2.75) is 38.9 Å². The Morgan fingerprint density at radius 1 is 1.02 bits per heavy atom. The van der Waals surface area contributed by atoms with Gasteiger partial charge in [-0.1, -0.05) is 18.1 Å². The zero-order chi connectivity index (χ0) is 29.5. The van der Waals surface area contributed by atoms with Crippen molar-refractivity contribution in [1.82, 2.24) is 28.6 Å². The first-order valence-corrected chi connectivity index (χ1v) is 13.5. The van der Waals surface area contributed by atoms with Gasteiger partial charge in [-0.05, 0) is 44.0 Å². The SMILES string of the molecule is CC#CCn1c(N2CCCC(N3C(=O)c4ccccc4C3=O)C2)nc2c1c(=O)n(Cc1ncccc1C#N)c(=O)n2C. The van der Waals surface area contributed by atoms with E-state index in [0.29, 0.717) is 48.7 Å². The van der Waals surface area contributed by atoms with Gasteiger partial charge in [0.1, 0.15) is 6.07 Å². The number of nitriles is 1. The average molecular weight is 563 g/mol. The quantitative estimate of drug-likeness (QED) is 0.263. The second kappa shape index (κ2) is 10.5. The number of aromatic nitrogens is 5. The maximum atomic E-state index is 13.9. The molecule has 210 valence electrons. The standard InChI is InChI=1S/C30H26N8O4/c1-3-4-15-36-24-25(34(2)30(42)37(28(24)41)18-23-19(16-31)9-7-13-32-23)33-29(36)35-14-8-10-20(17-35)38-26(39)21-11-5-6-12-22(21)27(38)40/h5-7,9,11-13,20H,8,10,14-15,17-18H2,1-2H3. The van der Waals surface area contributed by atoms with Crippen LogP contribution in [0.15, 0.2) is 52.2 Å². The fourth-order valence-corrected chi connectivity index (χ4v) is 5.75. The van der Waals surface area contributed by atoms with E-state index in [1.165, 1.54) is 22.7 Å². The second-order valence-electron chi connectivity index (χ2n) is 10.2. The molecule has 1 atom stereocenters. The summed E-state index contributed by atoms with van der Waals surface area (Å²) in [7, 11) is 1.54. The third-order valence-electron chi connectivity index (χ3n) is 7.81. The number of amides is 2. The summed E-state index contributed by atoms with van der Waals surface area (Å²) in [5.74, 6) is 5.65. The molecule has 1 fully saturated rings.